The molecule has 7 nitrogen and oxygen atoms in total. The van der Waals surface area contributed by atoms with Crippen molar-refractivity contribution in [2.75, 3.05) is 25.4 Å². The highest BCUT2D eigenvalue weighted by molar-refractivity contribution is 5.64. The number of nitrogens with two attached hydrogens (primary N) is 1. The number of likely N-dealkylation sites (tertiary alicyclic amines) is 1. The highest BCUT2D eigenvalue weighted by Gasteiger charge is 2.61. The summed E-state index contributed by atoms with van der Waals surface area (Å²) in [6.45, 7) is 7.19. The SMILES string of the molecule is CC(C)n1nc(-c2cnc(N)c(OC(F)(F)F)c2)cc1[C@H]1[C@@H]2C[C@H](N3CC4(CCCO4)C3)C[C@@H]21. The predicted molar refractivity (Wildman–Crippen MR) is 119 cm³/mol. The Morgan fingerprint density at radius 3 is 2.56 bits per heavy atom. The molecule has 2 aliphatic carbocycles. The van der Waals surface area contributed by atoms with Gasteiger partial charge in [-0.05, 0) is 63.5 Å². The summed E-state index contributed by atoms with van der Waals surface area (Å²) in [6, 6.07) is 4.05. The molecule has 2 N–H and O–H groups in total. The van der Waals surface area contributed by atoms with Crippen LogP contribution in [0.4, 0.5) is 19.0 Å². The first-order chi connectivity index (χ1) is 16.1. The summed E-state index contributed by atoms with van der Waals surface area (Å²) < 4.78 is 50.3. The molecule has 0 radical (unpaired) electrons. The zero-order valence-corrected chi connectivity index (χ0v) is 19.4. The summed E-state index contributed by atoms with van der Waals surface area (Å²) >= 11 is 0. The van der Waals surface area contributed by atoms with Gasteiger partial charge in [-0.3, -0.25) is 9.58 Å². The molecule has 1 spiro atoms. The van der Waals surface area contributed by atoms with Crippen molar-refractivity contribution in [3.63, 3.8) is 0 Å². The van der Waals surface area contributed by atoms with E-state index >= 15 is 0 Å². The van der Waals surface area contributed by atoms with Crippen molar-refractivity contribution in [3.8, 4) is 17.0 Å². The predicted octanol–water partition coefficient (Wildman–Crippen LogP) is 4.36. The highest BCUT2D eigenvalue weighted by Crippen LogP contribution is 2.64. The molecule has 0 bridgehead atoms. The third kappa shape index (κ3) is 3.75. The maximum Gasteiger partial charge on any atom is 0.573 e. The lowest BCUT2D eigenvalue weighted by molar-refractivity contribution is -0.274. The number of ether oxygens (including phenoxy) is 2. The van der Waals surface area contributed by atoms with E-state index in [2.05, 4.69) is 28.5 Å². The minimum absolute atomic E-state index is 0.138. The van der Waals surface area contributed by atoms with Gasteiger partial charge in [-0.1, -0.05) is 0 Å². The molecule has 10 heteroatoms. The van der Waals surface area contributed by atoms with Gasteiger partial charge in [0.2, 0.25) is 0 Å². The first kappa shape index (κ1) is 22.2. The molecular weight excluding hydrogens is 447 g/mol. The lowest BCUT2D eigenvalue weighted by Gasteiger charge is -2.50. The van der Waals surface area contributed by atoms with Crippen molar-refractivity contribution < 1.29 is 22.6 Å². The van der Waals surface area contributed by atoms with Gasteiger partial charge in [0.15, 0.2) is 11.6 Å². The number of fused-ring (bicyclic) bond motifs is 1. The van der Waals surface area contributed by atoms with Crippen molar-refractivity contribution in [1.29, 1.82) is 0 Å². The Balaban J connectivity index is 1.18. The Hall–Kier alpha value is -2.33. The Kier molecular flexibility index (Phi) is 4.94. The molecule has 0 aromatic carbocycles. The quantitative estimate of drug-likeness (QED) is 0.689. The number of pyridine rings is 1. The molecule has 184 valence electrons. The second kappa shape index (κ2) is 7.58. The fraction of sp³-hybridized carbons (Fsp3) is 0.667. The Bertz CT molecular complexity index is 1070. The standard InChI is InChI=1S/C24H30F3N5O2/c1-13(2)32-19(9-18(30-32)14-6-20(22(28)29-10-14)34-24(25,26)27)21-16-7-15(8-17(16)21)31-11-23(12-31)4-3-5-33-23/h6,9-10,13,15-17,21H,3-5,7-8,11-12H2,1-2H3,(H2,28,29)/t15-,16+,17-,21-. The first-order valence-corrected chi connectivity index (χ1v) is 12.1. The minimum atomic E-state index is -4.83. The lowest BCUT2D eigenvalue weighted by atomic mass is 9.88. The van der Waals surface area contributed by atoms with Crippen LogP contribution in [0.2, 0.25) is 0 Å². The molecule has 4 aliphatic rings. The third-order valence-corrected chi connectivity index (χ3v) is 8.10. The van der Waals surface area contributed by atoms with Crippen LogP contribution in [0, 0.1) is 11.8 Å². The molecule has 2 aliphatic heterocycles. The van der Waals surface area contributed by atoms with E-state index in [1.54, 1.807) is 0 Å². The van der Waals surface area contributed by atoms with Crippen molar-refractivity contribution in [3.05, 3.63) is 24.0 Å². The number of rotatable bonds is 5. The Morgan fingerprint density at radius 1 is 1.21 bits per heavy atom. The molecule has 2 saturated carbocycles. The molecule has 4 fully saturated rings. The maximum absolute atomic E-state index is 12.7. The Labute approximate surface area is 196 Å². The summed E-state index contributed by atoms with van der Waals surface area (Å²) in [7, 11) is 0. The second-order valence-electron chi connectivity index (χ2n) is 10.7. The van der Waals surface area contributed by atoms with Crippen LogP contribution in [0.25, 0.3) is 11.3 Å². The van der Waals surface area contributed by atoms with Gasteiger partial charge in [0.05, 0.1) is 11.3 Å². The number of halogens is 3. The van der Waals surface area contributed by atoms with Crippen LogP contribution in [-0.4, -0.2) is 57.4 Å². The molecule has 2 aromatic rings. The van der Waals surface area contributed by atoms with Crippen molar-refractivity contribution >= 4 is 5.82 Å². The number of alkyl halides is 3. The number of nitrogen functional groups attached to an aromatic ring is 1. The monoisotopic (exact) mass is 477 g/mol. The van der Waals surface area contributed by atoms with Crippen LogP contribution < -0.4 is 10.5 Å². The van der Waals surface area contributed by atoms with Crippen LogP contribution in [0.15, 0.2) is 18.3 Å². The van der Waals surface area contributed by atoms with E-state index in [0.29, 0.717) is 35.1 Å². The number of nitrogens with zero attached hydrogens (tertiary/aromatic N) is 4. The van der Waals surface area contributed by atoms with Crippen molar-refractivity contribution in [2.24, 2.45) is 11.8 Å². The van der Waals surface area contributed by atoms with Crippen LogP contribution in [0.1, 0.15) is 57.2 Å². The number of hydrogen-bond donors (Lipinski definition) is 1. The molecule has 2 aromatic heterocycles. The molecule has 4 heterocycles. The van der Waals surface area contributed by atoms with Gasteiger partial charge in [-0.25, -0.2) is 4.98 Å². The molecule has 34 heavy (non-hydrogen) atoms. The maximum atomic E-state index is 12.7. The number of anilines is 1. The molecule has 0 amide bonds. The zero-order valence-electron chi connectivity index (χ0n) is 19.4. The van der Waals surface area contributed by atoms with Gasteiger partial charge in [-0.2, -0.15) is 5.10 Å². The summed E-state index contributed by atoms with van der Waals surface area (Å²) in [5.74, 6) is 0.924. The lowest BCUT2D eigenvalue weighted by Crippen LogP contribution is -2.64. The van der Waals surface area contributed by atoms with Crippen LogP contribution in [-0.2, 0) is 4.74 Å². The van der Waals surface area contributed by atoms with Crippen LogP contribution in [0.5, 0.6) is 5.75 Å². The van der Waals surface area contributed by atoms with E-state index in [1.807, 2.05) is 10.7 Å². The van der Waals surface area contributed by atoms with Crippen LogP contribution in [0.3, 0.4) is 0 Å². The van der Waals surface area contributed by atoms with Gasteiger partial charge in [-0.15, -0.1) is 13.2 Å². The van der Waals surface area contributed by atoms with E-state index < -0.39 is 12.1 Å². The smallest absolute Gasteiger partial charge is 0.402 e. The van der Waals surface area contributed by atoms with E-state index in [1.165, 1.54) is 37.9 Å². The van der Waals surface area contributed by atoms with Gasteiger partial charge in [0.25, 0.3) is 0 Å². The van der Waals surface area contributed by atoms with E-state index in [9.17, 15) is 13.2 Å². The molecule has 0 unspecified atom stereocenters. The molecular formula is C24H30F3N5O2. The normalized spacial score (nSPS) is 30.1. The molecule has 6 rings (SSSR count). The third-order valence-electron chi connectivity index (χ3n) is 8.10. The van der Waals surface area contributed by atoms with Gasteiger partial charge in [0, 0.05) is 55.2 Å². The average Bonchev–Trinajstić information content (AvgIpc) is 3.23. The highest BCUT2D eigenvalue weighted by atomic mass is 19.4. The van der Waals surface area contributed by atoms with Gasteiger partial charge >= 0.3 is 6.36 Å². The van der Waals surface area contributed by atoms with Gasteiger partial charge in [0.1, 0.15) is 0 Å². The summed E-state index contributed by atoms with van der Waals surface area (Å²) in [4.78, 5) is 6.50. The summed E-state index contributed by atoms with van der Waals surface area (Å²) in [6.07, 6.45) is 1.37. The fourth-order valence-electron chi connectivity index (χ4n) is 6.52. The van der Waals surface area contributed by atoms with Crippen molar-refractivity contribution in [1.82, 2.24) is 19.7 Å². The van der Waals surface area contributed by atoms with E-state index in [4.69, 9.17) is 15.6 Å². The number of aromatic nitrogens is 3. The van der Waals surface area contributed by atoms with Crippen molar-refractivity contribution in [2.45, 2.75) is 69.5 Å². The van der Waals surface area contributed by atoms with E-state index in [-0.39, 0.29) is 17.5 Å². The second-order valence-corrected chi connectivity index (χ2v) is 10.7. The first-order valence-electron chi connectivity index (χ1n) is 12.1. The number of hydrogen-bond acceptors (Lipinski definition) is 6. The summed E-state index contributed by atoms with van der Waals surface area (Å²) in [5, 5.41) is 4.74. The fourth-order valence-corrected chi connectivity index (χ4v) is 6.52. The summed E-state index contributed by atoms with van der Waals surface area (Å²) in [5.41, 5.74) is 7.94. The Morgan fingerprint density at radius 2 is 1.94 bits per heavy atom. The molecule has 2 saturated heterocycles. The van der Waals surface area contributed by atoms with E-state index in [0.717, 1.165) is 25.4 Å². The zero-order chi connectivity index (χ0) is 23.8. The van der Waals surface area contributed by atoms with Gasteiger partial charge < -0.3 is 15.2 Å². The van der Waals surface area contributed by atoms with Crippen LogP contribution >= 0.6 is 0 Å². The topological polar surface area (TPSA) is 78.4 Å². The minimum Gasteiger partial charge on any atom is -0.402 e. The molecule has 4 atom stereocenters. The average molecular weight is 478 g/mol. The largest absolute Gasteiger partial charge is 0.573 e.